The van der Waals surface area contributed by atoms with Crippen LogP contribution in [-0.2, 0) is 0 Å². The summed E-state index contributed by atoms with van der Waals surface area (Å²) >= 11 is 0. The maximum atomic E-state index is 13.2. The van der Waals surface area contributed by atoms with Crippen molar-refractivity contribution >= 4 is 34.7 Å². The third-order valence-corrected chi connectivity index (χ3v) is 6.04. The monoisotopic (exact) mass is 399 g/mol. The molecule has 1 aliphatic carbocycles. The molecule has 0 bridgehead atoms. The van der Waals surface area contributed by atoms with E-state index in [-0.39, 0.29) is 5.91 Å². The number of hydrogen-bond acceptors (Lipinski definition) is 5. The summed E-state index contributed by atoms with van der Waals surface area (Å²) in [4.78, 5) is 26.6. The first-order valence-corrected chi connectivity index (χ1v) is 10.5. The third kappa shape index (κ3) is 3.18. The minimum atomic E-state index is -0.0322. The molecule has 2 heterocycles. The van der Waals surface area contributed by atoms with Crippen molar-refractivity contribution < 1.29 is 4.79 Å². The molecule has 1 aromatic heterocycles. The van der Waals surface area contributed by atoms with Crippen LogP contribution in [0.2, 0.25) is 0 Å². The molecule has 0 spiro atoms. The molecule has 1 aliphatic heterocycles. The maximum absolute atomic E-state index is 13.2. The highest BCUT2D eigenvalue weighted by molar-refractivity contribution is 6.13. The van der Waals surface area contributed by atoms with Gasteiger partial charge in [0.25, 0.3) is 5.91 Å². The van der Waals surface area contributed by atoms with E-state index in [1.165, 1.54) is 18.4 Å². The van der Waals surface area contributed by atoms with Gasteiger partial charge < -0.3 is 15.1 Å². The van der Waals surface area contributed by atoms with E-state index in [4.69, 9.17) is 4.98 Å². The minimum absolute atomic E-state index is 0.0322. The average Bonchev–Trinajstić information content (AvgIpc) is 3.27. The summed E-state index contributed by atoms with van der Waals surface area (Å²) < 4.78 is 0. The molecule has 6 nitrogen and oxygen atoms in total. The highest BCUT2D eigenvalue weighted by Gasteiger charge is 2.35. The van der Waals surface area contributed by atoms with E-state index in [1.54, 1.807) is 18.1 Å². The lowest BCUT2D eigenvalue weighted by atomic mass is 10.1. The predicted octanol–water partition coefficient (Wildman–Crippen LogP) is 5.20. The Kier molecular flexibility index (Phi) is 4.62. The number of nitrogens with one attached hydrogen (secondary N) is 1. The molecular weight excluding hydrogens is 374 g/mol. The molecule has 2 aliphatic rings. The van der Waals surface area contributed by atoms with E-state index >= 15 is 0 Å². The van der Waals surface area contributed by atoms with E-state index in [2.05, 4.69) is 34.3 Å². The Hall–Kier alpha value is -3.41. The molecule has 0 saturated heterocycles. The Morgan fingerprint density at radius 3 is 2.50 bits per heavy atom. The van der Waals surface area contributed by atoms with Crippen molar-refractivity contribution in [2.75, 3.05) is 22.2 Å². The van der Waals surface area contributed by atoms with Crippen molar-refractivity contribution in [1.82, 2.24) is 9.97 Å². The zero-order valence-corrected chi connectivity index (χ0v) is 17.3. The van der Waals surface area contributed by atoms with Crippen LogP contribution in [0, 0.1) is 6.92 Å². The number of hydrogen-bond donors (Lipinski definition) is 1. The summed E-state index contributed by atoms with van der Waals surface area (Å²) in [5.41, 5.74) is 4.51. The molecule has 1 N–H and O–H groups in total. The van der Waals surface area contributed by atoms with Gasteiger partial charge in [-0.2, -0.15) is 4.98 Å². The molecule has 1 amide bonds. The van der Waals surface area contributed by atoms with Gasteiger partial charge in [0, 0.05) is 18.8 Å². The summed E-state index contributed by atoms with van der Waals surface area (Å²) in [6.07, 6.45) is 6.33. The van der Waals surface area contributed by atoms with Crippen molar-refractivity contribution in [2.45, 2.75) is 38.6 Å². The van der Waals surface area contributed by atoms with Crippen molar-refractivity contribution in [3.8, 4) is 0 Å². The topological polar surface area (TPSA) is 61.4 Å². The normalized spacial score (nSPS) is 16.3. The van der Waals surface area contributed by atoms with Crippen LogP contribution in [0.15, 0.2) is 54.7 Å². The van der Waals surface area contributed by atoms with Gasteiger partial charge in [-0.05, 0) is 44.0 Å². The number of carbonyl (C=O) groups excluding carboxylic acids is 1. The van der Waals surface area contributed by atoms with Crippen LogP contribution in [0.5, 0.6) is 0 Å². The highest BCUT2D eigenvalue weighted by Crippen LogP contribution is 2.43. The average molecular weight is 399 g/mol. The number of para-hydroxylation sites is 1. The summed E-state index contributed by atoms with van der Waals surface area (Å²) in [5.74, 6) is 1.28. The Labute approximate surface area is 176 Å². The number of rotatable bonds is 3. The second-order valence-electron chi connectivity index (χ2n) is 8.08. The van der Waals surface area contributed by atoms with Crippen LogP contribution < -0.4 is 15.1 Å². The van der Waals surface area contributed by atoms with Gasteiger partial charge in [-0.1, -0.05) is 42.7 Å². The number of aromatic nitrogens is 2. The number of aryl methyl sites for hydroxylation is 1. The zero-order chi connectivity index (χ0) is 20.7. The number of anilines is 5. The Morgan fingerprint density at radius 2 is 1.73 bits per heavy atom. The van der Waals surface area contributed by atoms with Crippen LogP contribution in [0.25, 0.3) is 0 Å². The lowest BCUT2D eigenvalue weighted by Crippen LogP contribution is -2.30. The van der Waals surface area contributed by atoms with Gasteiger partial charge in [0.05, 0.1) is 17.4 Å². The maximum Gasteiger partial charge on any atom is 0.260 e. The van der Waals surface area contributed by atoms with Crippen molar-refractivity contribution in [3.63, 3.8) is 0 Å². The van der Waals surface area contributed by atoms with Crippen molar-refractivity contribution in [3.05, 3.63) is 65.9 Å². The first kappa shape index (κ1) is 18.6. The second kappa shape index (κ2) is 7.44. The highest BCUT2D eigenvalue weighted by atomic mass is 16.2. The van der Waals surface area contributed by atoms with Gasteiger partial charge in [0.15, 0.2) is 5.82 Å². The van der Waals surface area contributed by atoms with Crippen LogP contribution in [0.1, 0.15) is 41.6 Å². The van der Waals surface area contributed by atoms with E-state index in [0.29, 0.717) is 17.6 Å². The van der Waals surface area contributed by atoms with E-state index in [9.17, 15) is 4.79 Å². The van der Waals surface area contributed by atoms with Crippen LogP contribution in [0.4, 0.5) is 28.8 Å². The predicted molar refractivity (Wildman–Crippen MR) is 120 cm³/mol. The molecular formula is C24H25N5O. The van der Waals surface area contributed by atoms with Gasteiger partial charge in [0.2, 0.25) is 5.95 Å². The van der Waals surface area contributed by atoms with Crippen LogP contribution in [-0.4, -0.2) is 29.0 Å². The molecule has 3 aromatic rings. The molecule has 0 atom stereocenters. The fraction of sp³-hybridized carbons (Fsp3) is 0.292. The molecule has 5 rings (SSSR count). The smallest absolute Gasteiger partial charge is 0.260 e. The number of carbonyl (C=O) groups is 1. The van der Waals surface area contributed by atoms with Crippen LogP contribution >= 0.6 is 0 Å². The summed E-state index contributed by atoms with van der Waals surface area (Å²) in [6, 6.07) is 16.3. The van der Waals surface area contributed by atoms with Gasteiger partial charge >= 0.3 is 0 Å². The quantitative estimate of drug-likeness (QED) is 0.656. The van der Waals surface area contributed by atoms with E-state index in [1.807, 2.05) is 36.4 Å². The van der Waals surface area contributed by atoms with Gasteiger partial charge in [-0.25, -0.2) is 4.98 Å². The summed E-state index contributed by atoms with van der Waals surface area (Å²) in [6.45, 7) is 2.06. The molecule has 0 unspecified atom stereocenters. The number of amides is 1. The van der Waals surface area contributed by atoms with E-state index < -0.39 is 0 Å². The zero-order valence-electron chi connectivity index (χ0n) is 17.3. The van der Waals surface area contributed by atoms with E-state index in [0.717, 1.165) is 35.7 Å². The Balaban J connectivity index is 1.64. The van der Waals surface area contributed by atoms with Gasteiger partial charge in [-0.3, -0.25) is 4.79 Å². The van der Waals surface area contributed by atoms with Crippen molar-refractivity contribution in [1.29, 1.82) is 0 Å². The standard InChI is InChI=1S/C24H25N5O/c1-16-11-13-17(14-12-16)26-24-25-15-21-22(27-24)29(18-7-3-4-8-18)20-10-6-5-9-19(20)23(30)28(21)2/h5-6,9-15,18H,3-4,7-8H2,1-2H3,(H,25,26,27). The summed E-state index contributed by atoms with van der Waals surface area (Å²) in [5, 5.41) is 3.31. The SMILES string of the molecule is Cc1ccc(Nc2ncc3c(n2)N(C2CCCC2)c2ccccc2C(=O)N3C)cc1. The molecule has 6 heteroatoms. The number of benzene rings is 2. The number of fused-ring (bicyclic) bond motifs is 2. The first-order valence-electron chi connectivity index (χ1n) is 10.5. The lowest BCUT2D eigenvalue weighted by Gasteiger charge is -2.31. The third-order valence-electron chi connectivity index (χ3n) is 6.04. The molecule has 0 radical (unpaired) electrons. The molecule has 1 saturated carbocycles. The van der Waals surface area contributed by atoms with Crippen LogP contribution in [0.3, 0.4) is 0 Å². The Bertz CT molecular complexity index is 1090. The lowest BCUT2D eigenvalue weighted by molar-refractivity contribution is 0.0994. The summed E-state index contributed by atoms with van der Waals surface area (Å²) in [7, 11) is 1.80. The minimum Gasteiger partial charge on any atom is -0.324 e. The van der Waals surface area contributed by atoms with Crippen molar-refractivity contribution in [2.24, 2.45) is 0 Å². The van der Waals surface area contributed by atoms with Gasteiger partial charge in [-0.15, -0.1) is 0 Å². The molecule has 2 aromatic carbocycles. The molecule has 30 heavy (non-hydrogen) atoms. The fourth-order valence-electron chi connectivity index (χ4n) is 4.41. The largest absolute Gasteiger partial charge is 0.324 e. The van der Waals surface area contributed by atoms with Gasteiger partial charge in [0.1, 0.15) is 5.69 Å². The Morgan fingerprint density at radius 1 is 1.00 bits per heavy atom. The molecule has 152 valence electrons. The first-order chi connectivity index (χ1) is 14.6. The number of nitrogens with zero attached hydrogens (tertiary/aromatic N) is 4. The second-order valence-corrected chi connectivity index (χ2v) is 8.08. The fourth-order valence-corrected chi connectivity index (χ4v) is 4.41. The molecule has 1 fully saturated rings.